The predicted molar refractivity (Wildman–Crippen MR) is 76.2 cm³/mol. The minimum atomic E-state index is -0.488. The molecule has 0 fully saturated rings. The number of para-hydroxylation sites is 1. The summed E-state index contributed by atoms with van der Waals surface area (Å²) in [5, 5.41) is 4.48. The van der Waals surface area contributed by atoms with Gasteiger partial charge in [0, 0.05) is 6.54 Å². The maximum absolute atomic E-state index is 12.0. The highest BCUT2D eigenvalue weighted by Crippen LogP contribution is 2.35. The highest BCUT2D eigenvalue weighted by Gasteiger charge is 2.36. The highest BCUT2D eigenvalue weighted by molar-refractivity contribution is 7.07. The van der Waals surface area contributed by atoms with Crippen LogP contribution in [0.4, 0.5) is 5.69 Å². The number of carbonyl (C=O) groups is 2. The molecule has 0 radical (unpaired) electrons. The summed E-state index contributed by atoms with van der Waals surface area (Å²) < 4.78 is 0. The number of benzene rings is 1. The molecule has 0 saturated heterocycles. The van der Waals surface area contributed by atoms with E-state index < -0.39 is 11.7 Å². The molecule has 1 aliphatic heterocycles. The number of fused-ring (bicyclic) bond motifs is 1. The Hall–Kier alpha value is -1.65. The van der Waals surface area contributed by atoms with E-state index in [0.29, 0.717) is 29.2 Å². The maximum Gasteiger partial charge on any atom is 0.299 e. The van der Waals surface area contributed by atoms with E-state index in [1.807, 2.05) is 16.8 Å². The molecule has 3 nitrogen and oxygen atoms in total. The molecule has 96 valence electrons. The van der Waals surface area contributed by atoms with Gasteiger partial charge in [-0.2, -0.15) is 11.3 Å². The smallest absolute Gasteiger partial charge is 0.299 e. The molecule has 0 aliphatic carbocycles. The normalized spacial score (nSPS) is 14.1. The number of thiophene rings is 1. The number of Topliss-reactive ketones (excluding diaryl/α,β-unsaturated/α-hetero) is 1. The zero-order valence-corrected chi connectivity index (χ0v) is 11.5. The summed E-state index contributed by atoms with van der Waals surface area (Å²) in [6.45, 7) is 0.470. The molecule has 2 heterocycles. The molecule has 0 spiro atoms. The van der Waals surface area contributed by atoms with Gasteiger partial charge in [-0.05, 0) is 40.9 Å². The zero-order valence-electron chi connectivity index (χ0n) is 9.93. The van der Waals surface area contributed by atoms with Crippen molar-refractivity contribution in [3.8, 4) is 0 Å². The van der Waals surface area contributed by atoms with Crippen molar-refractivity contribution in [1.29, 1.82) is 0 Å². The SMILES string of the molecule is O=C1C(=O)N(CCc2ccsc2)c2c(Cl)cccc21. The minimum Gasteiger partial charge on any atom is -0.303 e. The molecular formula is C14H10ClNO2S. The number of carbonyl (C=O) groups excluding carboxylic acids is 2. The van der Waals surface area contributed by atoms with Crippen LogP contribution < -0.4 is 4.90 Å². The number of ketones is 1. The number of amides is 1. The van der Waals surface area contributed by atoms with E-state index in [1.165, 1.54) is 4.90 Å². The van der Waals surface area contributed by atoms with Crippen LogP contribution in [0.15, 0.2) is 35.0 Å². The molecule has 5 heteroatoms. The second-order valence-corrected chi connectivity index (χ2v) is 5.49. The minimum absolute atomic E-state index is 0.405. The fourth-order valence-corrected chi connectivity index (χ4v) is 3.18. The van der Waals surface area contributed by atoms with Gasteiger partial charge in [-0.15, -0.1) is 0 Å². The van der Waals surface area contributed by atoms with E-state index in [0.717, 1.165) is 5.56 Å². The first-order valence-corrected chi connectivity index (χ1v) is 7.16. The lowest BCUT2D eigenvalue weighted by Crippen LogP contribution is -2.31. The molecule has 1 aromatic heterocycles. The van der Waals surface area contributed by atoms with Crippen molar-refractivity contribution in [3.05, 3.63) is 51.2 Å². The Kier molecular flexibility index (Phi) is 3.12. The third kappa shape index (κ3) is 2.07. The first-order chi connectivity index (χ1) is 9.18. The lowest BCUT2D eigenvalue weighted by molar-refractivity contribution is -0.114. The van der Waals surface area contributed by atoms with E-state index >= 15 is 0 Å². The summed E-state index contributed by atoms with van der Waals surface area (Å²) in [7, 11) is 0. The molecule has 1 aromatic carbocycles. The molecule has 2 aromatic rings. The molecule has 0 saturated carbocycles. The van der Waals surface area contributed by atoms with Crippen LogP contribution >= 0.6 is 22.9 Å². The van der Waals surface area contributed by atoms with Crippen LogP contribution in [0.1, 0.15) is 15.9 Å². The number of rotatable bonds is 3. The Morgan fingerprint density at radius 3 is 2.79 bits per heavy atom. The van der Waals surface area contributed by atoms with E-state index in [9.17, 15) is 9.59 Å². The van der Waals surface area contributed by atoms with Gasteiger partial charge >= 0.3 is 0 Å². The third-order valence-corrected chi connectivity index (χ3v) is 4.18. The number of hydrogen-bond donors (Lipinski definition) is 0. The van der Waals surface area contributed by atoms with Crippen LogP contribution in [-0.2, 0) is 11.2 Å². The van der Waals surface area contributed by atoms with Gasteiger partial charge in [0.1, 0.15) is 0 Å². The van der Waals surface area contributed by atoms with E-state index in [2.05, 4.69) is 0 Å². The molecule has 1 amide bonds. The van der Waals surface area contributed by atoms with Crippen molar-refractivity contribution >= 4 is 40.3 Å². The summed E-state index contributed by atoms with van der Waals surface area (Å²) in [5.74, 6) is -0.957. The highest BCUT2D eigenvalue weighted by atomic mass is 35.5. The summed E-state index contributed by atoms with van der Waals surface area (Å²) >= 11 is 7.73. The van der Waals surface area contributed by atoms with Crippen LogP contribution in [0.2, 0.25) is 5.02 Å². The molecular weight excluding hydrogens is 282 g/mol. The Labute approximate surface area is 119 Å². The van der Waals surface area contributed by atoms with Crippen LogP contribution in [-0.4, -0.2) is 18.2 Å². The fourth-order valence-electron chi connectivity index (χ4n) is 2.20. The second-order valence-electron chi connectivity index (χ2n) is 4.30. The largest absolute Gasteiger partial charge is 0.303 e. The molecule has 0 N–H and O–H groups in total. The Morgan fingerprint density at radius 2 is 2.05 bits per heavy atom. The number of hydrogen-bond acceptors (Lipinski definition) is 3. The van der Waals surface area contributed by atoms with Gasteiger partial charge in [-0.1, -0.05) is 17.7 Å². The van der Waals surface area contributed by atoms with E-state index in [4.69, 9.17) is 11.6 Å². The standard InChI is InChI=1S/C14H10ClNO2S/c15-11-3-1-2-10-12(11)16(14(18)13(10)17)6-4-9-5-7-19-8-9/h1-3,5,7-8H,4,6H2. The van der Waals surface area contributed by atoms with Crippen LogP contribution in [0.25, 0.3) is 0 Å². The van der Waals surface area contributed by atoms with Gasteiger partial charge in [0.15, 0.2) is 0 Å². The average Bonchev–Trinajstić information content (AvgIpc) is 2.99. The molecule has 0 bridgehead atoms. The van der Waals surface area contributed by atoms with E-state index in [-0.39, 0.29) is 0 Å². The van der Waals surface area contributed by atoms with E-state index in [1.54, 1.807) is 29.5 Å². The number of nitrogens with zero attached hydrogens (tertiary/aromatic N) is 1. The molecule has 0 unspecified atom stereocenters. The quantitative estimate of drug-likeness (QED) is 0.815. The lowest BCUT2D eigenvalue weighted by Gasteiger charge is -2.17. The summed E-state index contributed by atoms with van der Waals surface area (Å²) in [6.07, 6.45) is 0.715. The number of anilines is 1. The van der Waals surface area contributed by atoms with Crippen LogP contribution in [0.5, 0.6) is 0 Å². The molecule has 1 aliphatic rings. The van der Waals surface area contributed by atoms with Crippen molar-refractivity contribution in [2.24, 2.45) is 0 Å². The van der Waals surface area contributed by atoms with Crippen molar-refractivity contribution in [1.82, 2.24) is 0 Å². The summed E-state index contributed by atoms with van der Waals surface area (Å²) in [6, 6.07) is 7.05. The maximum atomic E-state index is 12.0. The van der Waals surface area contributed by atoms with Gasteiger partial charge in [0.2, 0.25) is 0 Å². The van der Waals surface area contributed by atoms with Crippen LogP contribution in [0.3, 0.4) is 0 Å². The third-order valence-electron chi connectivity index (χ3n) is 3.14. The fraction of sp³-hybridized carbons (Fsp3) is 0.143. The van der Waals surface area contributed by atoms with Crippen molar-refractivity contribution in [3.63, 3.8) is 0 Å². The van der Waals surface area contributed by atoms with Crippen molar-refractivity contribution < 1.29 is 9.59 Å². The zero-order chi connectivity index (χ0) is 13.4. The Morgan fingerprint density at radius 1 is 1.21 bits per heavy atom. The molecule has 0 atom stereocenters. The first-order valence-electron chi connectivity index (χ1n) is 5.84. The topological polar surface area (TPSA) is 37.4 Å². The van der Waals surface area contributed by atoms with Crippen molar-refractivity contribution in [2.45, 2.75) is 6.42 Å². The lowest BCUT2D eigenvalue weighted by atomic mass is 10.1. The van der Waals surface area contributed by atoms with Gasteiger partial charge in [0.25, 0.3) is 11.7 Å². The average molecular weight is 292 g/mol. The monoisotopic (exact) mass is 291 g/mol. The Bertz CT molecular complexity index is 651. The Balaban J connectivity index is 1.90. The number of halogens is 1. The molecule has 19 heavy (non-hydrogen) atoms. The van der Waals surface area contributed by atoms with Gasteiger partial charge in [-0.25, -0.2) is 0 Å². The molecule has 3 rings (SSSR count). The van der Waals surface area contributed by atoms with Crippen molar-refractivity contribution in [2.75, 3.05) is 11.4 Å². The summed E-state index contributed by atoms with van der Waals surface area (Å²) in [5.41, 5.74) is 2.11. The van der Waals surface area contributed by atoms with Gasteiger partial charge in [-0.3, -0.25) is 9.59 Å². The first kappa shape index (κ1) is 12.4. The second kappa shape index (κ2) is 4.79. The van der Waals surface area contributed by atoms with Gasteiger partial charge < -0.3 is 4.90 Å². The summed E-state index contributed by atoms with van der Waals surface area (Å²) in [4.78, 5) is 25.4. The van der Waals surface area contributed by atoms with Gasteiger partial charge in [0.05, 0.1) is 16.3 Å². The van der Waals surface area contributed by atoms with Crippen LogP contribution in [0, 0.1) is 0 Å². The predicted octanol–water partition coefficient (Wildman–Crippen LogP) is 3.17.